The molecule has 2 heterocycles. The average Bonchev–Trinajstić information content (AvgIpc) is 2.96. The Kier molecular flexibility index (Phi) is 9.42. The normalized spacial score (nSPS) is 14.7. The van der Waals surface area contributed by atoms with Crippen molar-refractivity contribution in [2.75, 3.05) is 11.5 Å². The van der Waals surface area contributed by atoms with Gasteiger partial charge in [-0.15, -0.1) is 0 Å². The number of nitrogens with zero attached hydrogens (tertiary/aromatic N) is 2. The van der Waals surface area contributed by atoms with Crippen LogP contribution in [0.25, 0.3) is 5.70 Å². The summed E-state index contributed by atoms with van der Waals surface area (Å²) >= 11 is 0. The Labute approximate surface area is 232 Å². The minimum absolute atomic E-state index is 0.0439. The number of rotatable bonds is 12. The topological polar surface area (TPSA) is 74.7 Å². The molecule has 4 rings (SSSR count). The van der Waals surface area contributed by atoms with Crippen LogP contribution in [-0.2, 0) is 6.54 Å². The molecule has 204 valence electrons. The van der Waals surface area contributed by atoms with Gasteiger partial charge in [-0.05, 0) is 73.6 Å². The highest BCUT2D eigenvalue weighted by Gasteiger charge is 2.16. The molecule has 1 aliphatic rings. The molecule has 0 fully saturated rings. The number of aromatic carboxylic acids is 1. The summed E-state index contributed by atoms with van der Waals surface area (Å²) in [5.74, 6) is 0.0391. The number of benzene rings is 2. The highest BCUT2D eigenvalue weighted by Crippen LogP contribution is 2.27. The molecule has 0 spiro atoms. The molecule has 1 aromatic heterocycles. The molecule has 3 aromatic rings. The summed E-state index contributed by atoms with van der Waals surface area (Å²) in [7, 11) is 0. The van der Waals surface area contributed by atoms with Crippen molar-refractivity contribution in [1.82, 2.24) is 10.3 Å². The maximum absolute atomic E-state index is 11.2. The monoisotopic (exact) mass is 525 g/mol. The van der Waals surface area contributed by atoms with Gasteiger partial charge in [0.15, 0.2) is 0 Å². The SMILES string of the molecule is CCC(CC)c1ccc(N(Cc2ccc(C3=CC=CC(COc4cncc(C(=O)O)c4)N3)cc2)C(C)C)cc1. The van der Waals surface area contributed by atoms with Crippen molar-refractivity contribution in [2.24, 2.45) is 0 Å². The van der Waals surface area contributed by atoms with E-state index in [9.17, 15) is 4.79 Å². The van der Waals surface area contributed by atoms with E-state index < -0.39 is 5.97 Å². The molecule has 39 heavy (non-hydrogen) atoms. The molecule has 0 saturated carbocycles. The number of allylic oxidation sites excluding steroid dienone is 2. The van der Waals surface area contributed by atoms with Crippen molar-refractivity contribution in [3.8, 4) is 5.75 Å². The lowest BCUT2D eigenvalue weighted by atomic mass is 9.94. The summed E-state index contributed by atoms with van der Waals surface area (Å²) in [6, 6.07) is 19.6. The van der Waals surface area contributed by atoms with Crippen LogP contribution >= 0.6 is 0 Å². The smallest absolute Gasteiger partial charge is 0.337 e. The second-order valence-corrected chi connectivity index (χ2v) is 10.3. The first-order valence-corrected chi connectivity index (χ1v) is 13.8. The number of hydrogen-bond acceptors (Lipinski definition) is 5. The molecule has 6 nitrogen and oxygen atoms in total. The van der Waals surface area contributed by atoms with Crippen molar-refractivity contribution in [3.63, 3.8) is 0 Å². The maximum Gasteiger partial charge on any atom is 0.337 e. The van der Waals surface area contributed by atoms with Crippen LogP contribution in [0.15, 0.2) is 85.2 Å². The van der Waals surface area contributed by atoms with Gasteiger partial charge in [0.25, 0.3) is 0 Å². The Morgan fingerprint density at radius 1 is 1.05 bits per heavy atom. The van der Waals surface area contributed by atoms with Crippen molar-refractivity contribution >= 4 is 17.4 Å². The zero-order chi connectivity index (χ0) is 27.8. The summed E-state index contributed by atoms with van der Waals surface area (Å²) in [4.78, 5) is 17.6. The fraction of sp³-hybridized carbons (Fsp3) is 0.333. The van der Waals surface area contributed by atoms with Gasteiger partial charge in [0.2, 0.25) is 0 Å². The van der Waals surface area contributed by atoms with E-state index in [0.29, 0.717) is 24.3 Å². The van der Waals surface area contributed by atoms with E-state index in [2.05, 4.69) is 97.5 Å². The second-order valence-electron chi connectivity index (χ2n) is 10.3. The van der Waals surface area contributed by atoms with Crippen LogP contribution in [0.2, 0.25) is 0 Å². The molecule has 1 unspecified atom stereocenters. The molecule has 0 radical (unpaired) electrons. The maximum atomic E-state index is 11.2. The first-order chi connectivity index (χ1) is 18.9. The van der Waals surface area contributed by atoms with E-state index in [1.165, 1.54) is 48.1 Å². The lowest BCUT2D eigenvalue weighted by molar-refractivity contribution is 0.0696. The molecule has 0 saturated heterocycles. The highest BCUT2D eigenvalue weighted by atomic mass is 16.5. The van der Waals surface area contributed by atoms with Crippen molar-refractivity contribution in [3.05, 3.63) is 107 Å². The van der Waals surface area contributed by atoms with Crippen LogP contribution in [0.4, 0.5) is 5.69 Å². The standard InChI is InChI=1S/C33H39N3O3/c1-5-25(6-2)26-14-16-30(17-15-26)36(23(3)4)21-24-10-12-27(13-11-24)32-9-7-8-29(35-32)22-39-31-18-28(33(37)38)19-34-20-31/h7-20,23,25,29,35H,5-6,21-22H2,1-4H3,(H,37,38). The fourth-order valence-electron chi connectivity index (χ4n) is 4.92. The van der Waals surface area contributed by atoms with Crippen LogP contribution in [0, 0.1) is 0 Å². The van der Waals surface area contributed by atoms with E-state index in [-0.39, 0.29) is 11.6 Å². The van der Waals surface area contributed by atoms with Crippen molar-refractivity contribution in [2.45, 2.75) is 65.1 Å². The number of carboxylic acid groups (broad SMARTS) is 1. The van der Waals surface area contributed by atoms with Gasteiger partial charge < -0.3 is 20.1 Å². The van der Waals surface area contributed by atoms with Gasteiger partial charge in [0, 0.05) is 30.2 Å². The quantitative estimate of drug-likeness (QED) is 0.264. The Morgan fingerprint density at radius 2 is 1.77 bits per heavy atom. The van der Waals surface area contributed by atoms with E-state index in [4.69, 9.17) is 9.84 Å². The molecule has 1 atom stereocenters. The predicted molar refractivity (Wildman–Crippen MR) is 158 cm³/mol. The minimum Gasteiger partial charge on any atom is -0.489 e. The third-order valence-electron chi connectivity index (χ3n) is 7.26. The first-order valence-electron chi connectivity index (χ1n) is 13.8. The van der Waals surface area contributed by atoms with Crippen LogP contribution < -0.4 is 15.0 Å². The number of carbonyl (C=O) groups is 1. The Morgan fingerprint density at radius 3 is 2.41 bits per heavy atom. The van der Waals surface area contributed by atoms with E-state index in [1.807, 2.05) is 12.2 Å². The molecule has 2 N–H and O–H groups in total. The van der Waals surface area contributed by atoms with E-state index in [0.717, 1.165) is 17.8 Å². The van der Waals surface area contributed by atoms with Crippen LogP contribution in [0.1, 0.15) is 73.5 Å². The van der Waals surface area contributed by atoms with Gasteiger partial charge in [-0.2, -0.15) is 0 Å². The van der Waals surface area contributed by atoms with E-state index in [1.54, 1.807) is 0 Å². The number of hydrogen-bond donors (Lipinski definition) is 2. The van der Waals surface area contributed by atoms with Gasteiger partial charge in [0.05, 0.1) is 17.8 Å². The minimum atomic E-state index is -1.02. The van der Waals surface area contributed by atoms with Crippen LogP contribution in [-0.4, -0.2) is 34.8 Å². The van der Waals surface area contributed by atoms with Gasteiger partial charge in [-0.3, -0.25) is 4.98 Å². The van der Waals surface area contributed by atoms with Gasteiger partial charge in [0.1, 0.15) is 12.4 Å². The van der Waals surface area contributed by atoms with Gasteiger partial charge in [-0.25, -0.2) is 4.79 Å². The summed E-state index contributed by atoms with van der Waals surface area (Å²) < 4.78 is 5.81. The third-order valence-corrected chi connectivity index (χ3v) is 7.26. The summed E-state index contributed by atoms with van der Waals surface area (Å²) in [6.45, 7) is 10.2. The third kappa shape index (κ3) is 7.29. The van der Waals surface area contributed by atoms with Gasteiger partial charge >= 0.3 is 5.97 Å². The lowest BCUT2D eigenvalue weighted by Crippen LogP contribution is -2.33. The largest absolute Gasteiger partial charge is 0.489 e. The Bertz CT molecular complexity index is 1290. The van der Waals surface area contributed by atoms with Crippen LogP contribution in [0.5, 0.6) is 5.75 Å². The van der Waals surface area contributed by atoms with Crippen molar-refractivity contribution in [1.29, 1.82) is 0 Å². The highest BCUT2D eigenvalue weighted by molar-refractivity contribution is 5.87. The number of dihydropyridines is 1. The Balaban J connectivity index is 1.37. The summed E-state index contributed by atoms with van der Waals surface area (Å²) in [5.41, 5.74) is 6.16. The predicted octanol–water partition coefficient (Wildman–Crippen LogP) is 7.05. The molecule has 1 aliphatic heterocycles. The van der Waals surface area contributed by atoms with Crippen molar-refractivity contribution < 1.29 is 14.6 Å². The molecule has 2 aromatic carbocycles. The summed E-state index contributed by atoms with van der Waals surface area (Å²) in [6.07, 6.45) is 11.3. The summed E-state index contributed by atoms with van der Waals surface area (Å²) in [5, 5.41) is 12.7. The molecular weight excluding hydrogens is 486 g/mol. The molecule has 0 aliphatic carbocycles. The number of ether oxygens (including phenoxy) is 1. The molecule has 0 amide bonds. The number of aromatic nitrogens is 1. The fourth-order valence-corrected chi connectivity index (χ4v) is 4.92. The Hall–Kier alpha value is -4.06. The van der Waals surface area contributed by atoms with E-state index >= 15 is 0 Å². The number of pyridine rings is 1. The first kappa shape index (κ1) is 28.0. The number of anilines is 1. The number of carboxylic acids is 1. The zero-order valence-electron chi connectivity index (χ0n) is 23.3. The molecule has 0 bridgehead atoms. The van der Waals surface area contributed by atoms with Gasteiger partial charge in [-0.1, -0.05) is 62.4 Å². The number of nitrogens with one attached hydrogen (secondary N) is 1. The molecule has 6 heteroatoms. The zero-order valence-corrected chi connectivity index (χ0v) is 23.3. The second kappa shape index (κ2) is 13.1. The lowest BCUT2D eigenvalue weighted by Gasteiger charge is -2.30. The molecular formula is C33H39N3O3. The van der Waals surface area contributed by atoms with Crippen LogP contribution in [0.3, 0.4) is 0 Å². The average molecular weight is 526 g/mol.